The fourth-order valence-electron chi connectivity index (χ4n) is 2.80. The number of hydrogen-bond acceptors (Lipinski definition) is 4. The molecule has 1 atom stereocenters. The first-order valence-electron chi connectivity index (χ1n) is 7.44. The summed E-state index contributed by atoms with van der Waals surface area (Å²) in [5.74, 6) is -0.138. The highest BCUT2D eigenvalue weighted by Gasteiger charge is 2.29. The third-order valence-electron chi connectivity index (χ3n) is 4.39. The van der Waals surface area contributed by atoms with E-state index in [2.05, 4.69) is 10.4 Å². The molecule has 0 radical (unpaired) electrons. The van der Waals surface area contributed by atoms with Crippen LogP contribution in [0.2, 0.25) is 0 Å². The normalized spacial score (nSPS) is 19.1. The van der Waals surface area contributed by atoms with Crippen molar-refractivity contribution in [1.82, 2.24) is 19.4 Å². The minimum absolute atomic E-state index is 0.0103. The van der Waals surface area contributed by atoms with Crippen molar-refractivity contribution in [3.8, 4) is 0 Å². The van der Waals surface area contributed by atoms with Gasteiger partial charge in [0, 0.05) is 37.3 Å². The van der Waals surface area contributed by atoms with Gasteiger partial charge in [0.2, 0.25) is 15.9 Å². The largest absolute Gasteiger partial charge is 0.349 e. The number of nitrogens with one attached hydrogen (secondary N) is 1. The Bertz CT molecular complexity index is 645. The number of aryl methyl sites for hydroxylation is 1. The Morgan fingerprint density at radius 3 is 2.45 bits per heavy atom. The second-order valence-electron chi connectivity index (χ2n) is 5.98. The average molecular weight is 328 g/mol. The third-order valence-corrected chi connectivity index (χ3v) is 5.70. The molecule has 7 nitrogen and oxygen atoms in total. The summed E-state index contributed by atoms with van der Waals surface area (Å²) < 4.78 is 26.2. The molecule has 1 aromatic rings. The van der Waals surface area contributed by atoms with E-state index in [0.29, 0.717) is 25.9 Å². The molecule has 1 unspecified atom stereocenters. The Hall–Kier alpha value is -1.41. The lowest BCUT2D eigenvalue weighted by Gasteiger charge is -2.30. The van der Waals surface area contributed by atoms with Crippen molar-refractivity contribution < 1.29 is 13.2 Å². The minimum Gasteiger partial charge on any atom is -0.349 e. The van der Waals surface area contributed by atoms with Crippen LogP contribution in [-0.4, -0.2) is 47.8 Å². The van der Waals surface area contributed by atoms with Gasteiger partial charge in [-0.3, -0.25) is 9.48 Å². The van der Waals surface area contributed by atoms with E-state index in [1.165, 1.54) is 10.6 Å². The Balaban J connectivity index is 1.92. The van der Waals surface area contributed by atoms with Gasteiger partial charge in [0.05, 0.1) is 18.5 Å². The van der Waals surface area contributed by atoms with Crippen LogP contribution in [0.4, 0.5) is 0 Å². The molecule has 22 heavy (non-hydrogen) atoms. The van der Waals surface area contributed by atoms with Crippen LogP contribution >= 0.6 is 0 Å². The highest BCUT2D eigenvalue weighted by atomic mass is 32.2. The van der Waals surface area contributed by atoms with Crippen molar-refractivity contribution in [2.45, 2.75) is 32.7 Å². The van der Waals surface area contributed by atoms with Gasteiger partial charge in [0.1, 0.15) is 0 Å². The van der Waals surface area contributed by atoms with Gasteiger partial charge < -0.3 is 5.32 Å². The van der Waals surface area contributed by atoms with Gasteiger partial charge in [-0.1, -0.05) is 0 Å². The number of rotatable bonds is 4. The van der Waals surface area contributed by atoms with Crippen molar-refractivity contribution >= 4 is 15.9 Å². The maximum Gasteiger partial charge on any atom is 0.223 e. The third kappa shape index (κ3) is 3.67. The molecule has 1 saturated heterocycles. The number of carbonyl (C=O) groups excluding carboxylic acids is 1. The molecular weight excluding hydrogens is 304 g/mol. The molecule has 124 valence electrons. The quantitative estimate of drug-likeness (QED) is 0.876. The molecule has 0 aliphatic carbocycles. The van der Waals surface area contributed by atoms with Gasteiger partial charge in [0.15, 0.2) is 0 Å². The van der Waals surface area contributed by atoms with Gasteiger partial charge in [-0.15, -0.1) is 0 Å². The smallest absolute Gasteiger partial charge is 0.223 e. The van der Waals surface area contributed by atoms with E-state index < -0.39 is 10.0 Å². The molecule has 2 heterocycles. The van der Waals surface area contributed by atoms with Crippen molar-refractivity contribution in [1.29, 1.82) is 0 Å². The molecule has 1 aromatic heterocycles. The zero-order chi connectivity index (χ0) is 16.5. The van der Waals surface area contributed by atoms with E-state index >= 15 is 0 Å². The number of nitrogens with zero attached hydrogens (tertiary/aromatic N) is 3. The predicted molar refractivity (Wildman–Crippen MR) is 83.6 cm³/mol. The lowest BCUT2D eigenvalue weighted by Crippen LogP contribution is -2.43. The summed E-state index contributed by atoms with van der Waals surface area (Å²) in [6, 6.07) is -0.103. The van der Waals surface area contributed by atoms with E-state index in [1.54, 1.807) is 10.9 Å². The van der Waals surface area contributed by atoms with Crippen LogP contribution in [0.3, 0.4) is 0 Å². The second-order valence-corrected chi connectivity index (χ2v) is 7.96. The zero-order valence-electron chi connectivity index (χ0n) is 13.5. The maximum atomic E-state index is 12.4. The van der Waals surface area contributed by atoms with Crippen LogP contribution < -0.4 is 5.32 Å². The number of piperidine rings is 1. The summed E-state index contributed by atoms with van der Waals surface area (Å²) in [7, 11) is -1.28. The Labute approximate surface area is 131 Å². The first-order valence-corrected chi connectivity index (χ1v) is 9.29. The summed E-state index contributed by atoms with van der Waals surface area (Å²) >= 11 is 0. The number of aromatic nitrogens is 2. The summed E-state index contributed by atoms with van der Waals surface area (Å²) in [5, 5.41) is 7.20. The van der Waals surface area contributed by atoms with E-state index in [0.717, 1.165) is 11.3 Å². The van der Waals surface area contributed by atoms with Crippen LogP contribution in [-0.2, 0) is 21.9 Å². The second kappa shape index (κ2) is 6.37. The van der Waals surface area contributed by atoms with Gasteiger partial charge in [-0.25, -0.2) is 12.7 Å². The molecule has 1 aliphatic heterocycles. The van der Waals surface area contributed by atoms with Crippen LogP contribution in [0, 0.1) is 12.8 Å². The molecule has 0 bridgehead atoms. The fraction of sp³-hybridized carbons (Fsp3) is 0.714. The first-order chi connectivity index (χ1) is 10.2. The molecule has 0 spiro atoms. The van der Waals surface area contributed by atoms with Crippen molar-refractivity contribution in [3.63, 3.8) is 0 Å². The number of hydrogen-bond donors (Lipinski definition) is 1. The summed E-state index contributed by atoms with van der Waals surface area (Å²) in [6.07, 6.45) is 4.11. The van der Waals surface area contributed by atoms with E-state index in [9.17, 15) is 13.2 Å². The lowest BCUT2D eigenvalue weighted by atomic mass is 9.96. The average Bonchev–Trinajstić information content (AvgIpc) is 2.78. The van der Waals surface area contributed by atoms with Crippen LogP contribution in [0.25, 0.3) is 0 Å². The van der Waals surface area contributed by atoms with E-state index in [-0.39, 0.29) is 17.9 Å². The minimum atomic E-state index is -3.15. The van der Waals surface area contributed by atoms with Gasteiger partial charge in [-0.05, 0) is 26.7 Å². The molecule has 0 aromatic carbocycles. The zero-order valence-corrected chi connectivity index (χ0v) is 14.4. The Morgan fingerprint density at radius 1 is 1.41 bits per heavy atom. The summed E-state index contributed by atoms with van der Waals surface area (Å²) in [4.78, 5) is 12.4. The number of carbonyl (C=O) groups is 1. The van der Waals surface area contributed by atoms with Crippen molar-refractivity contribution in [2.24, 2.45) is 13.0 Å². The van der Waals surface area contributed by atoms with Crippen LogP contribution in [0.15, 0.2) is 6.20 Å². The van der Waals surface area contributed by atoms with Crippen LogP contribution in [0.1, 0.15) is 37.1 Å². The first kappa shape index (κ1) is 17.0. The fourth-order valence-corrected chi connectivity index (χ4v) is 3.67. The molecule has 1 N–H and O–H groups in total. The summed E-state index contributed by atoms with van der Waals surface area (Å²) in [6.45, 7) is 4.73. The lowest BCUT2D eigenvalue weighted by molar-refractivity contribution is -0.126. The molecule has 1 amide bonds. The monoisotopic (exact) mass is 328 g/mol. The Kier molecular flexibility index (Phi) is 4.91. The van der Waals surface area contributed by atoms with Gasteiger partial charge in [-0.2, -0.15) is 5.10 Å². The standard InChI is InChI=1S/C14H24N4O3S/c1-10(13-9-15-17(3)11(13)2)16-14(19)12-5-7-18(8-6-12)22(4,20)21/h9-10,12H,5-8H2,1-4H3,(H,16,19). The molecule has 2 rings (SSSR count). The van der Waals surface area contributed by atoms with Crippen molar-refractivity contribution in [2.75, 3.05) is 19.3 Å². The SMILES string of the molecule is Cc1c(C(C)NC(=O)C2CCN(S(C)(=O)=O)CC2)cnn1C. The molecule has 1 aliphatic rings. The molecule has 1 fully saturated rings. The molecule has 8 heteroatoms. The molecule has 0 saturated carbocycles. The number of amides is 1. The van der Waals surface area contributed by atoms with E-state index in [1.807, 2.05) is 20.9 Å². The Morgan fingerprint density at radius 2 is 2.00 bits per heavy atom. The molecular formula is C14H24N4O3S. The van der Waals surface area contributed by atoms with Gasteiger partial charge >= 0.3 is 0 Å². The predicted octanol–water partition coefficient (Wildman–Crippen LogP) is 0.577. The van der Waals surface area contributed by atoms with Gasteiger partial charge in [0.25, 0.3) is 0 Å². The van der Waals surface area contributed by atoms with Crippen LogP contribution in [0.5, 0.6) is 0 Å². The number of sulfonamides is 1. The maximum absolute atomic E-state index is 12.4. The summed E-state index contributed by atoms with van der Waals surface area (Å²) in [5.41, 5.74) is 2.03. The van der Waals surface area contributed by atoms with E-state index in [4.69, 9.17) is 0 Å². The van der Waals surface area contributed by atoms with Crippen molar-refractivity contribution in [3.05, 3.63) is 17.5 Å². The highest BCUT2D eigenvalue weighted by Crippen LogP contribution is 2.22. The topological polar surface area (TPSA) is 84.3 Å². The highest BCUT2D eigenvalue weighted by molar-refractivity contribution is 7.88.